The highest BCUT2D eigenvalue weighted by atomic mass is 127. The molecule has 0 unspecified atom stereocenters. The molecule has 8 nitrogen and oxygen atoms in total. The molecule has 39 heavy (non-hydrogen) atoms. The van der Waals surface area contributed by atoms with Crippen LogP contribution in [0.25, 0.3) is 20.2 Å². The predicted molar refractivity (Wildman–Crippen MR) is 162 cm³/mol. The highest BCUT2D eigenvalue weighted by molar-refractivity contribution is 14.1. The molecule has 0 aliphatic carbocycles. The molecule has 4 heterocycles. The molecule has 0 saturated heterocycles. The fraction of sp³-hybridized carbons (Fsp3) is 0. The average molecular weight is 667 g/mol. The molecular weight excluding hydrogens is 647 g/mol. The van der Waals surface area contributed by atoms with Gasteiger partial charge in [-0.25, -0.2) is 0 Å². The number of thiophene rings is 2. The van der Waals surface area contributed by atoms with Crippen molar-refractivity contribution in [3.63, 3.8) is 0 Å². The zero-order chi connectivity index (χ0) is 27.4. The number of para-hydroxylation sites is 1. The van der Waals surface area contributed by atoms with Crippen molar-refractivity contribution < 1.29 is 19.1 Å². The number of rotatable bonds is 6. The number of primary amides is 2. The lowest BCUT2D eigenvalue weighted by Crippen LogP contribution is -2.08. The summed E-state index contributed by atoms with van der Waals surface area (Å²) in [6.07, 6.45) is 6.67. The number of benzene rings is 2. The standard InChI is InChI=1S/C14H9IN2O2S.C14H10N2O2S/c15-8-1-3-9(4-2-8)19-11-6-17-7-13-10(11)5-12(20-13)14(16)18;15-14(17)12-6-10-11(7-16-8-13(10)19-12)18-9-4-2-1-3-5-9/h1-7H,(H2,16,18);1-8H,(H2,15,17). The zero-order valence-electron chi connectivity index (χ0n) is 20.0. The van der Waals surface area contributed by atoms with Gasteiger partial charge in [-0.1, -0.05) is 18.2 Å². The number of aromatic nitrogens is 2. The Morgan fingerprint density at radius 1 is 0.667 bits per heavy atom. The molecule has 2 aromatic carbocycles. The monoisotopic (exact) mass is 666 g/mol. The predicted octanol–water partition coefficient (Wildman–Crippen LogP) is 6.98. The Morgan fingerprint density at radius 3 is 1.59 bits per heavy atom. The Kier molecular flexibility index (Phi) is 8.00. The summed E-state index contributed by atoms with van der Waals surface area (Å²) < 4.78 is 14.5. The molecule has 11 heteroatoms. The van der Waals surface area contributed by atoms with Crippen LogP contribution >= 0.6 is 45.3 Å². The first-order chi connectivity index (χ1) is 18.9. The van der Waals surface area contributed by atoms with E-state index in [9.17, 15) is 9.59 Å². The number of carbonyl (C=O) groups is 2. The van der Waals surface area contributed by atoms with E-state index in [1.165, 1.54) is 22.7 Å². The van der Waals surface area contributed by atoms with Crippen LogP contribution in [0.2, 0.25) is 0 Å². The molecule has 4 aromatic heterocycles. The molecule has 0 bridgehead atoms. The van der Waals surface area contributed by atoms with Crippen molar-refractivity contribution in [3.05, 3.63) is 105 Å². The number of nitrogens with two attached hydrogens (primary N) is 2. The van der Waals surface area contributed by atoms with Gasteiger partial charge in [-0.05, 0) is 71.1 Å². The Morgan fingerprint density at radius 2 is 1.13 bits per heavy atom. The van der Waals surface area contributed by atoms with Crippen molar-refractivity contribution in [2.75, 3.05) is 0 Å². The maximum atomic E-state index is 11.2. The summed E-state index contributed by atoms with van der Waals surface area (Å²) in [4.78, 5) is 31.7. The van der Waals surface area contributed by atoms with Gasteiger partial charge in [0.05, 0.1) is 31.5 Å². The van der Waals surface area contributed by atoms with Crippen LogP contribution in [0.4, 0.5) is 0 Å². The number of hydrogen-bond acceptors (Lipinski definition) is 8. The van der Waals surface area contributed by atoms with Crippen molar-refractivity contribution in [2.45, 2.75) is 0 Å². The Hall–Kier alpha value is -4.07. The Balaban J connectivity index is 0.000000158. The SMILES string of the molecule is NC(=O)c1cc2c(Oc3ccc(I)cc3)cncc2s1.NC(=O)c1cc2c(Oc3ccccc3)cncc2s1. The van der Waals surface area contributed by atoms with Gasteiger partial charge in [-0.15, -0.1) is 22.7 Å². The summed E-state index contributed by atoms with van der Waals surface area (Å²) in [7, 11) is 0. The van der Waals surface area contributed by atoms with Gasteiger partial charge in [0.15, 0.2) is 11.5 Å². The average Bonchev–Trinajstić information content (AvgIpc) is 3.57. The van der Waals surface area contributed by atoms with E-state index >= 15 is 0 Å². The first kappa shape index (κ1) is 26.5. The second-order valence-corrected chi connectivity index (χ2v) is 11.4. The van der Waals surface area contributed by atoms with Crippen LogP contribution in [0.15, 0.2) is 91.5 Å². The molecule has 0 atom stereocenters. The minimum Gasteiger partial charge on any atom is -0.455 e. The maximum absolute atomic E-state index is 11.2. The second kappa shape index (κ2) is 11.8. The molecule has 6 rings (SSSR count). The fourth-order valence-electron chi connectivity index (χ4n) is 3.52. The number of halogens is 1. The van der Waals surface area contributed by atoms with E-state index in [1.54, 1.807) is 36.9 Å². The summed E-state index contributed by atoms with van der Waals surface area (Å²) in [5, 5.41) is 1.69. The highest BCUT2D eigenvalue weighted by Gasteiger charge is 2.13. The largest absolute Gasteiger partial charge is 0.455 e. The van der Waals surface area contributed by atoms with Gasteiger partial charge in [0.25, 0.3) is 11.8 Å². The van der Waals surface area contributed by atoms with Gasteiger partial charge < -0.3 is 20.9 Å². The number of hydrogen-bond donors (Lipinski definition) is 2. The first-order valence-electron chi connectivity index (χ1n) is 11.4. The summed E-state index contributed by atoms with van der Waals surface area (Å²) in [6, 6.07) is 20.6. The number of nitrogens with zero attached hydrogens (tertiary/aromatic N) is 2. The quantitative estimate of drug-likeness (QED) is 0.185. The van der Waals surface area contributed by atoms with Crippen molar-refractivity contribution in [3.8, 4) is 23.0 Å². The number of pyridine rings is 2. The molecule has 0 spiro atoms. The van der Waals surface area contributed by atoms with E-state index in [0.717, 1.165) is 35.2 Å². The molecule has 6 aromatic rings. The second-order valence-electron chi connectivity index (χ2n) is 8.02. The minimum atomic E-state index is -0.439. The highest BCUT2D eigenvalue weighted by Crippen LogP contribution is 2.35. The molecule has 0 aliphatic rings. The van der Waals surface area contributed by atoms with Crippen LogP contribution in [0.5, 0.6) is 23.0 Å². The lowest BCUT2D eigenvalue weighted by Gasteiger charge is -2.06. The normalized spacial score (nSPS) is 10.6. The smallest absolute Gasteiger partial charge is 0.258 e. The number of amides is 2. The molecule has 2 amide bonds. The summed E-state index contributed by atoms with van der Waals surface area (Å²) >= 11 is 4.86. The Bertz CT molecular complexity index is 1790. The minimum absolute atomic E-state index is 0.438. The molecule has 0 fully saturated rings. The first-order valence-corrected chi connectivity index (χ1v) is 14.1. The van der Waals surface area contributed by atoms with Crippen LogP contribution in [0.3, 0.4) is 0 Å². The van der Waals surface area contributed by atoms with Crippen LogP contribution in [0.1, 0.15) is 19.3 Å². The number of ether oxygens (including phenoxy) is 2. The number of fused-ring (bicyclic) bond motifs is 2. The van der Waals surface area contributed by atoms with Crippen molar-refractivity contribution in [2.24, 2.45) is 11.5 Å². The third-order valence-electron chi connectivity index (χ3n) is 5.32. The van der Waals surface area contributed by atoms with Gasteiger partial charge in [-0.2, -0.15) is 0 Å². The van der Waals surface area contributed by atoms with E-state index < -0.39 is 11.8 Å². The van der Waals surface area contributed by atoms with E-state index in [4.69, 9.17) is 20.9 Å². The Labute approximate surface area is 244 Å². The number of carbonyl (C=O) groups excluding carboxylic acids is 2. The molecule has 0 radical (unpaired) electrons. The van der Waals surface area contributed by atoms with Gasteiger partial charge in [-0.3, -0.25) is 19.6 Å². The molecule has 0 saturated carbocycles. The maximum Gasteiger partial charge on any atom is 0.258 e. The molecule has 0 aliphatic heterocycles. The van der Waals surface area contributed by atoms with Gasteiger partial charge in [0.2, 0.25) is 0 Å². The van der Waals surface area contributed by atoms with Gasteiger partial charge >= 0.3 is 0 Å². The van der Waals surface area contributed by atoms with Crippen LogP contribution in [-0.2, 0) is 0 Å². The molecular formula is C28H19IN4O4S2. The van der Waals surface area contributed by atoms with Crippen molar-refractivity contribution in [1.82, 2.24) is 9.97 Å². The third kappa shape index (κ3) is 6.33. The lowest BCUT2D eigenvalue weighted by molar-refractivity contribution is 0.0995. The lowest BCUT2D eigenvalue weighted by atomic mass is 10.3. The third-order valence-corrected chi connectivity index (χ3v) is 8.21. The molecule has 4 N–H and O–H groups in total. The molecule has 194 valence electrons. The van der Waals surface area contributed by atoms with Gasteiger partial charge in [0.1, 0.15) is 11.5 Å². The topological polar surface area (TPSA) is 130 Å². The van der Waals surface area contributed by atoms with E-state index in [2.05, 4.69) is 32.6 Å². The summed E-state index contributed by atoms with van der Waals surface area (Å²) in [6.45, 7) is 0. The van der Waals surface area contributed by atoms with Crippen molar-refractivity contribution >= 4 is 77.3 Å². The summed E-state index contributed by atoms with van der Waals surface area (Å²) in [5.41, 5.74) is 10.6. The van der Waals surface area contributed by atoms with Crippen molar-refractivity contribution in [1.29, 1.82) is 0 Å². The zero-order valence-corrected chi connectivity index (χ0v) is 23.8. The van der Waals surface area contributed by atoms with E-state index in [-0.39, 0.29) is 0 Å². The van der Waals surface area contributed by atoms with Crippen LogP contribution < -0.4 is 20.9 Å². The van der Waals surface area contributed by atoms with E-state index in [0.29, 0.717) is 21.3 Å². The van der Waals surface area contributed by atoms with Gasteiger partial charge in [0, 0.05) is 26.7 Å². The van der Waals surface area contributed by atoms with E-state index in [1.807, 2.05) is 54.6 Å². The van der Waals surface area contributed by atoms with Crippen LogP contribution in [-0.4, -0.2) is 21.8 Å². The van der Waals surface area contributed by atoms with Crippen LogP contribution in [0, 0.1) is 3.57 Å². The fourth-order valence-corrected chi connectivity index (χ4v) is 5.68. The summed E-state index contributed by atoms with van der Waals surface area (Å²) in [5.74, 6) is 1.81.